The molecule has 20 heavy (non-hydrogen) atoms. The first kappa shape index (κ1) is 14.0. The number of carbonyl (C=O) groups is 1. The normalized spacial score (nSPS) is 10.2. The van der Waals surface area contributed by atoms with E-state index in [4.69, 9.17) is 5.73 Å². The van der Waals surface area contributed by atoms with E-state index in [1.807, 2.05) is 0 Å². The Labute approximate surface area is 116 Å². The van der Waals surface area contributed by atoms with Crippen molar-refractivity contribution in [2.24, 2.45) is 5.73 Å². The van der Waals surface area contributed by atoms with E-state index in [-0.39, 0.29) is 12.4 Å². The molecule has 0 heterocycles. The smallest absolute Gasteiger partial charge is 0.337 e. The zero-order chi connectivity index (χ0) is 14.5. The molecule has 0 unspecified atom stereocenters. The maximum absolute atomic E-state index is 13.6. The van der Waals surface area contributed by atoms with E-state index >= 15 is 0 Å². The number of hydrogen-bond acceptors (Lipinski definition) is 4. The van der Waals surface area contributed by atoms with Gasteiger partial charge in [0.2, 0.25) is 0 Å². The lowest BCUT2D eigenvalue weighted by Crippen LogP contribution is -2.05. The molecular weight excluding hydrogens is 259 g/mol. The Morgan fingerprint density at radius 2 is 2.05 bits per heavy atom. The zero-order valence-corrected chi connectivity index (χ0v) is 11.0. The fourth-order valence-corrected chi connectivity index (χ4v) is 1.88. The van der Waals surface area contributed by atoms with Crippen LogP contribution in [0.15, 0.2) is 42.5 Å². The maximum atomic E-state index is 13.6. The molecular formula is C15H15FN2O2. The van der Waals surface area contributed by atoms with Crippen LogP contribution in [0.25, 0.3) is 0 Å². The number of rotatable bonds is 4. The number of esters is 1. The first-order valence-electron chi connectivity index (χ1n) is 6.08. The molecule has 0 aliphatic carbocycles. The Hall–Kier alpha value is -2.40. The van der Waals surface area contributed by atoms with Crippen LogP contribution in [-0.2, 0) is 11.3 Å². The van der Waals surface area contributed by atoms with Crippen LogP contribution in [0.2, 0.25) is 0 Å². The predicted octanol–water partition coefficient (Wildman–Crippen LogP) is 2.81. The first-order valence-corrected chi connectivity index (χ1v) is 6.08. The minimum atomic E-state index is -0.424. The van der Waals surface area contributed by atoms with E-state index in [1.54, 1.807) is 36.4 Å². The molecule has 104 valence electrons. The molecule has 0 radical (unpaired) electrons. The Balaban J connectivity index is 2.31. The van der Waals surface area contributed by atoms with Gasteiger partial charge >= 0.3 is 5.97 Å². The Morgan fingerprint density at radius 3 is 2.75 bits per heavy atom. The van der Waals surface area contributed by atoms with Gasteiger partial charge in [0, 0.05) is 23.5 Å². The Bertz CT molecular complexity index is 629. The number of halogens is 1. The number of anilines is 2. The topological polar surface area (TPSA) is 64.3 Å². The molecule has 0 saturated heterocycles. The summed E-state index contributed by atoms with van der Waals surface area (Å²) in [5.41, 5.74) is 7.61. The number of benzene rings is 2. The fraction of sp³-hybridized carbons (Fsp3) is 0.133. The summed E-state index contributed by atoms with van der Waals surface area (Å²) in [7, 11) is 1.32. The average Bonchev–Trinajstić information content (AvgIpc) is 2.47. The summed E-state index contributed by atoms with van der Waals surface area (Å²) in [5.74, 6) is -0.784. The number of methoxy groups -OCH3 is 1. The van der Waals surface area contributed by atoms with Gasteiger partial charge in [-0.3, -0.25) is 0 Å². The van der Waals surface area contributed by atoms with Gasteiger partial charge in [0.05, 0.1) is 12.7 Å². The van der Waals surface area contributed by atoms with Gasteiger partial charge in [0.1, 0.15) is 5.82 Å². The summed E-state index contributed by atoms with van der Waals surface area (Å²) >= 11 is 0. The molecule has 3 N–H and O–H groups in total. The van der Waals surface area contributed by atoms with Gasteiger partial charge in [-0.1, -0.05) is 12.1 Å². The molecule has 0 bridgehead atoms. The van der Waals surface area contributed by atoms with Crippen LogP contribution in [0.5, 0.6) is 0 Å². The van der Waals surface area contributed by atoms with Crippen LogP contribution < -0.4 is 11.1 Å². The molecule has 4 nitrogen and oxygen atoms in total. The minimum Gasteiger partial charge on any atom is -0.465 e. The first-order chi connectivity index (χ1) is 9.65. The lowest BCUT2D eigenvalue weighted by Gasteiger charge is -2.12. The minimum absolute atomic E-state index is 0.0890. The van der Waals surface area contributed by atoms with Crippen molar-refractivity contribution in [1.29, 1.82) is 0 Å². The number of carbonyl (C=O) groups excluding carboxylic acids is 1. The summed E-state index contributed by atoms with van der Waals surface area (Å²) in [6, 6.07) is 11.5. The third kappa shape index (κ3) is 2.95. The van der Waals surface area contributed by atoms with Gasteiger partial charge in [-0.25, -0.2) is 9.18 Å². The third-order valence-electron chi connectivity index (χ3n) is 2.89. The van der Waals surface area contributed by atoms with Crippen molar-refractivity contribution in [2.75, 3.05) is 12.4 Å². The van der Waals surface area contributed by atoms with E-state index in [0.29, 0.717) is 22.5 Å². The van der Waals surface area contributed by atoms with E-state index < -0.39 is 5.97 Å². The van der Waals surface area contributed by atoms with Crippen LogP contribution in [0.3, 0.4) is 0 Å². The van der Waals surface area contributed by atoms with Crippen molar-refractivity contribution in [2.45, 2.75) is 6.54 Å². The standard InChI is InChI=1S/C15H15FN2O2/c1-20-15(19)10-4-2-5-11(8-10)18-14-7-3-6-13(16)12(14)9-17/h2-8,18H,9,17H2,1H3. The molecule has 0 amide bonds. The molecule has 0 spiro atoms. The predicted molar refractivity (Wildman–Crippen MR) is 75.4 cm³/mol. The molecule has 0 saturated carbocycles. The van der Waals surface area contributed by atoms with Gasteiger partial charge in [-0.05, 0) is 30.3 Å². The highest BCUT2D eigenvalue weighted by Crippen LogP contribution is 2.23. The van der Waals surface area contributed by atoms with E-state index in [9.17, 15) is 9.18 Å². The summed E-state index contributed by atoms with van der Waals surface area (Å²) in [4.78, 5) is 11.5. The van der Waals surface area contributed by atoms with Crippen molar-refractivity contribution in [3.05, 3.63) is 59.4 Å². The average molecular weight is 274 g/mol. The van der Waals surface area contributed by atoms with Crippen LogP contribution in [-0.4, -0.2) is 13.1 Å². The van der Waals surface area contributed by atoms with Gasteiger partial charge in [0.25, 0.3) is 0 Å². The summed E-state index contributed by atoms with van der Waals surface area (Å²) < 4.78 is 18.3. The van der Waals surface area contributed by atoms with Crippen LogP contribution in [0.1, 0.15) is 15.9 Å². The van der Waals surface area contributed by atoms with Crippen LogP contribution in [0.4, 0.5) is 15.8 Å². The third-order valence-corrected chi connectivity index (χ3v) is 2.89. The lowest BCUT2D eigenvalue weighted by atomic mass is 10.1. The molecule has 0 aliphatic rings. The van der Waals surface area contributed by atoms with Crippen molar-refractivity contribution in [1.82, 2.24) is 0 Å². The highest BCUT2D eigenvalue weighted by Gasteiger charge is 2.09. The quantitative estimate of drug-likeness (QED) is 0.841. The highest BCUT2D eigenvalue weighted by atomic mass is 19.1. The lowest BCUT2D eigenvalue weighted by molar-refractivity contribution is 0.0601. The molecule has 5 heteroatoms. The number of hydrogen-bond donors (Lipinski definition) is 2. The zero-order valence-electron chi connectivity index (χ0n) is 11.0. The molecule has 0 aromatic heterocycles. The molecule has 2 rings (SSSR count). The van der Waals surface area contributed by atoms with E-state index in [2.05, 4.69) is 10.1 Å². The van der Waals surface area contributed by atoms with Crippen molar-refractivity contribution in [3.8, 4) is 0 Å². The second-order valence-electron chi connectivity index (χ2n) is 4.17. The SMILES string of the molecule is COC(=O)c1cccc(Nc2cccc(F)c2CN)c1. The maximum Gasteiger partial charge on any atom is 0.337 e. The van der Waals surface area contributed by atoms with Gasteiger partial charge in [0.15, 0.2) is 0 Å². The van der Waals surface area contributed by atoms with Crippen molar-refractivity contribution in [3.63, 3.8) is 0 Å². The van der Waals surface area contributed by atoms with Crippen molar-refractivity contribution >= 4 is 17.3 Å². The molecule has 2 aromatic rings. The summed E-state index contributed by atoms with van der Waals surface area (Å²) in [5, 5.41) is 3.06. The highest BCUT2D eigenvalue weighted by molar-refractivity contribution is 5.90. The largest absolute Gasteiger partial charge is 0.465 e. The molecule has 2 aromatic carbocycles. The Morgan fingerprint density at radius 1 is 1.30 bits per heavy atom. The van der Waals surface area contributed by atoms with Crippen LogP contribution in [0, 0.1) is 5.82 Å². The monoisotopic (exact) mass is 274 g/mol. The van der Waals surface area contributed by atoms with E-state index in [1.165, 1.54) is 13.2 Å². The second-order valence-corrected chi connectivity index (χ2v) is 4.17. The molecule has 0 atom stereocenters. The van der Waals surface area contributed by atoms with Crippen LogP contribution >= 0.6 is 0 Å². The fourth-order valence-electron chi connectivity index (χ4n) is 1.88. The van der Waals surface area contributed by atoms with Gasteiger partial charge in [-0.15, -0.1) is 0 Å². The van der Waals surface area contributed by atoms with E-state index in [0.717, 1.165) is 0 Å². The summed E-state index contributed by atoms with van der Waals surface area (Å²) in [6.45, 7) is 0.0890. The van der Waals surface area contributed by atoms with Gasteiger partial charge in [-0.2, -0.15) is 0 Å². The number of nitrogens with one attached hydrogen (secondary N) is 1. The number of ether oxygens (including phenoxy) is 1. The van der Waals surface area contributed by atoms with Gasteiger partial charge < -0.3 is 15.8 Å². The summed E-state index contributed by atoms with van der Waals surface area (Å²) in [6.07, 6.45) is 0. The molecule has 0 fully saturated rings. The van der Waals surface area contributed by atoms with Crippen molar-refractivity contribution < 1.29 is 13.9 Å². The number of nitrogens with two attached hydrogens (primary N) is 1. The molecule has 0 aliphatic heterocycles. The second kappa shape index (κ2) is 6.16. The Kier molecular flexibility index (Phi) is 4.32.